The van der Waals surface area contributed by atoms with E-state index in [0.717, 1.165) is 0 Å². The number of hydrogen-bond acceptors (Lipinski definition) is 8. The molecule has 2 aromatic rings. The number of esters is 1. The Hall–Kier alpha value is -3.46. The summed E-state index contributed by atoms with van der Waals surface area (Å²) < 4.78 is 15.8. The van der Waals surface area contributed by atoms with E-state index in [2.05, 4.69) is 4.99 Å². The molecule has 35 heavy (non-hydrogen) atoms. The number of phenols is 1. The van der Waals surface area contributed by atoms with E-state index >= 15 is 0 Å². The van der Waals surface area contributed by atoms with Crippen molar-refractivity contribution in [3.05, 3.63) is 52.9 Å². The van der Waals surface area contributed by atoms with Crippen LogP contribution in [0.15, 0.2) is 52.4 Å². The zero-order valence-corrected chi connectivity index (χ0v) is 21.3. The Morgan fingerprint density at radius 3 is 2.31 bits per heavy atom. The maximum atomic E-state index is 13.3. The van der Waals surface area contributed by atoms with Crippen LogP contribution in [-0.2, 0) is 14.3 Å². The maximum Gasteiger partial charge on any atom is 0.306 e. The second-order valence-corrected chi connectivity index (χ2v) is 9.77. The third kappa shape index (κ3) is 7.02. The van der Waals surface area contributed by atoms with Crippen LogP contribution < -0.4 is 9.47 Å². The number of carbonyl (C=O) groups is 2. The smallest absolute Gasteiger partial charge is 0.306 e. The molecule has 3 rings (SSSR count). The van der Waals surface area contributed by atoms with Gasteiger partial charge in [-0.15, -0.1) is 0 Å². The molecule has 0 bridgehead atoms. The van der Waals surface area contributed by atoms with Gasteiger partial charge in [0.25, 0.3) is 5.91 Å². The first-order valence-electron chi connectivity index (χ1n) is 11.1. The molecule has 1 aliphatic heterocycles. The van der Waals surface area contributed by atoms with Crippen LogP contribution in [0.1, 0.15) is 39.2 Å². The summed E-state index contributed by atoms with van der Waals surface area (Å²) in [7, 11) is 2.88. The average Bonchev–Trinajstić information content (AvgIpc) is 3.08. The van der Waals surface area contributed by atoms with Crippen LogP contribution in [0.2, 0.25) is 0 Å². The van der Waals surface area contributed by atoms with Crippen LogP contribution in [0, 0.1) is 0 Å². The highest BCUT2D eigenvalue weighted by molar-refractivity contribution is 8.18. The van der Waals surface area contributed by atoms with Gasteiger partial charge in [0.05, 0.1) is 24.8 Å². The molecule has 0 radical (unpaired) electrons. The molecule has 0 saturated carbocycles. The van der Waals surface area contributed by atoms with Crippen molar-refractivity contribution in [1.82, 2.24) is 4.90 Å². The number of aliphatic imine (C=N–C) groups is 1. The van der Waals surface area contributed by atoms with E-state index in [4.69, 9.17) is 14.2 Å². The first-order chi connectivity index (χ1) is 16.6. The summed E-state index contributed by atoms with van der Waals surface area (Å²) in [6, 6.07) is 12.6. The third-order valence-corrected chi connectivity index (χ3v) is 5.86. The summed E-state index contributed by atoms with van der Waals surface area (Å²) in [5, 5.41) is 10.7. The summed E-state index contributed by atoms with van der Waals surface area (Å²) in [6.45, 7) is 5.78. The second kappa shape index (κ2) is 11.3. The average molecular weight is 499 g/mol. The van der Waals surface area contributed by atoms with Gasteiger partial charge in [0.1, 0.15) is 5.60 Å². The molecular formula is C26H30N2O6S. The first kappa shape index (κ1) is 26.2. The third-order valence-electron chi connectivity index (χ3n) is 4.85. The van der Waals surface area contributed by atoms with Crippen molar-refractivity contribution in [2.24, 2.45) is 4.99 Å². The van der Waals surface area contributed by atoms with Gasteiger partial charge in [0, 0.05) is 13.0 Å². The number of amidine groups is 1. The van der Waals surface area contributed by atoms with Crippen LogP contribution in [0.3, 0.4) is 0 Å². The normalized spacial score (nSPS) is 16.1. The van der Waals surface area contributed by atoms with Gasteiger partial charge in [-0.1, -0.05) is 18.2 Å². The van der Waals surface area contributed by atoms with Crippen molar-refractivity contribution in [2.75, 3.05) is 20.8 Å². The number of aromatic hydroxyl groups is 1. The Morgan fingerprint density at radius 2 is 1.74 bits per heavy atom. The number of carbonyl (C=O) groups excluding carboxylic acids is 2. The molecule has 1 amide bonds. The van der Waals surface area contributed by atoms with E-state index in [1.807, 2.05) is 51.1 Å². The van der Waals surface area contributed by atoms with Crippen LogP contribution >= 0.6 is 11.8 Å². The second-order valence-electron chi connectivity index (χ2n) is 8.76. The van der Waals surface area contributed by atoms with E-state index < -0.39 is 5.60 Å². The van der Waals surface area contributed by atoms with E-state index in [1.54, 1.807) is 23.1 Å². The lowest BCUT2D eigenvalue weighted by atomic mass is 10.1. The van der Waals surface area contributed by atoms with Gasteiger partial charge in [-0.05, 0) is 74.9 Å². The fraction of sp³-hybridized carbons (Fsp3) is 0.346. The molecular weight excluding hydrogens is 468 g/mol. The molecule has 186 valence electrons. The van der Waals surface area contributed by atoms with Gasteiger partial charge in [-0.25, -0.2) is 4.99 Å². The van der Waals surface area contributed by atoms with Gasteiger partial charge in [-0.2, -0.15) is 0 Å². The number of rotatable bonds is 8. The molecule has 1 aliphatic rings. The van der Waals surface area contributed by atoms with Crippen molar-refractivity contribution in [3.63, 3.8) is 0 Å². The van der Waals surface area contributed by atoms with E-state index in [1.165, 1.54) is 26.0 Å². The zero-order chi connectivity index (χ0) is 25.6. The number of para-hydroxylation sites is 1. The highest BCUT2D eigenvalue weighted by Gasteiger charge is 2.33. The van der Waals surface area contributed by atoms with Crippen molar-refractivity contribution >= 4 is 40.6 Å². The van der Waals surface area contributed by atoms with Crippen LogP contribution in [0.5, 0.6) is 17.2 Å². The molecule has 1 saturated heterocycles. The summed E-state index contributed by atoms with van der Waals surface area (Å²) in [5.74, 6) is -0.173. The van der Waals surface area contributed by atoms with Gasteiger partial charge in [0.15, 0.2) is 16.7 Å². The van der Waals surface area contributed by atoms with Crippen molar-refractivity contribution in [2.45, 2.75) is 39.2 Å². The quantitative estimate of drug-likeness (QED) is 0.398. The molecule has 0 aliphatic carbocycles. The van der Waals surface area contributed by atoms with Crippen molar-refractivity contribution in [1.29, 1.82) is 0 Å². The molecule has 1 N–H and O–H groups in total. The number of hydrogen-bond donors (Lipinski definition) is 1. The molecule has 0 aromatic heterocycles. The number of ether oxygens (including phenoxy) is 3. The Labute approximate surface area is 209 Å². The molecule has 1 fully saturated rings. The van der Waals surface area contributed by atoms with E-state index in [9.17, 15) is 14.7 Å². The molecule has 8 nitrogen and oxygen atoms in total. The summed E-state index contributed by atoms with van der Waals surface area (Å²) in [4.78, 5) is 32.1. The Balaban J connectivity index is 1.87. The first-order valence-corrected chi connectivity index (χ1v) is 11.9. The Morgan fingerprint density at radius 1 is 1.11 bits per heavy atom. The lowest BCUT2D eigenvalue weighted by molar-refractivity contribution is -0.155. The minimum atomic E-state index is -0.557. The van der Waals surface area contributed by atoms with Crippen molar-refractivity contribution in [3.8, 4) is 17.2 Å². The predicted octanol–water partition coefficient (Wildman–Crippen LogP) is 5.14. The number of benzene rings is 2. The van der Waals surface area contributed by atoms with E-state index in [-0.39, 0.29) is 35.5 Å². The summed E-state index contributed by atoms with van der Waals surface area (Å²) >= 11 is 1.24. The van der Waals surface area contributed by atoms with Crippen LogP contribution in [-0.4, -0.2) is 53.4 Å². The topological polar surface area (TPSA) is 97.7 Å². The van der Waals surface area contributed by atoms with Crippen LogP contribution in [0.25, 0.3) is 6.08 Å². The van der Waals surface area contributed by atoms with E-state index in [0.29, 0.717) is 34.3 Å². The number of nitrogens with zero attached hydrogens (tertiary/aromatic N) is 2. The SMILES string of the molecule is COc1cc(C=C2SC(=Nc3ccccc3)N(CCCC(=O)OC(C)(C)C)C2=O)cc(OC)c1O. The van der Waals surface area contributed by atoms with Gasteiger partial charge in [0.2, 0.25) is 5.75 Å². The Bertz CT molecular complexity index is 1110. The van der Waals surface area contributed by atoms with Crippen molar-refractivity contribution < 1.29 is 28.9 Å². The molecule has 0 unspecified atom stereocenters. The molecule has 1 heterocycles. The highest BCUT2D eigenvalue weighted by Crippen LogP contribution is 2.40. The maximum absolute atomic E-state index is 13.3. The highest BCUT2D eigenvalue weighted by atomic mass is 32.2. The monoisotopic (exact) mass is 498 g/mol. The van der Waals surface area contributed by atoms with Gasteiger partial charge < -0.3 is 19.3 Å². The molecule has 9 heteroatoms. The number of thioether (sulfide) groups is 1. The minimum Gasteiger partial charge on any atom is -0.502 e. The molecule has 0 atom stereocenters. The fourth-order valence-corrected chi connectivity index (χ4v) is 4.35. The summed E-state index contributed by atoms with van der Waals surface area (Å²) in [6.07, 6.45) is 2.32. The molecule has 0 spiro atoms. The predicted molar refractivity (Wildman–Crippen MR) is 137 cm³/mol. The van der Waals surface area contributed by atoms with Gasteiger partial charge >= 0.3 is 5.97 Å². The fourth-order valence-electron chi connectivity index (χ4n) is 3.32. The Kier molecular flexibility index (Phi) is 8.45. The molecule has 2 aromatic carbocycles. The lowest BCUT2D eigenvalue weighted by Gasteiger charge is -2.20. The summed E-state index contributed by atoms with van der Waals surface area (Å²) in [5.41, 5.74) is 0.787. The lowest BCUT2D eigenvalue weighted by Crippen LogP contribution is -2.31. The number of amides is 1. The number of phenolic OH excluding ortho intramolecular Hbond substituents is 1. The van der Waals surface area contributed by atoms with Crippen LogP contribution in [0.4, 0.5) is 5.69 Å². The number of methoxy groups -OCH3 is 2. The van der Waals surface area contributed by atoms with Gasteiger partial charge in [-0.3, -0.25) is 14.5 Å². The largest absolute Gasteiger partial charge is 0.502 e. The zero-order valence-electron chi connectivity index (χ0n) is 20.5. The minimum absolute atomic E-state index is 0.113. The standard InChI is InChI=1S/C26H30N2O6S/c1-26(2,3)34-22(29)12-9-13-28-24(31)21(35-25(28)27-18-10-7-6-8-11-18)16-17-14-19(32-4)23(30)20(15-17)33-5/h6-8,10-11,14-16,30H,9,12-13H2,1-5H3.